The first kappa shape index (κ1) is 20.5. The molecule has 10 heteroatoms. The summed E-state index contributed by atoms with van der Waals surface area (Å²) in [5.41, 5.74) is 1.68. The third kappa shape index (κ3) is 4.05. The van der Waals surface area contributed by atoms with Crippen LogP contribution in [-0.2, 0) is 4.74 Å². The summed E-state index contributed by atoms with van der Waals surface area (Å²) in [6.45, 7) is -1.99. The van der Waals surface area contributed by atoms with Crippen molar-refractivity contribution in [3.63, 3.8) is 0 Å². The van der Waals surface area contributed by atoms with Gasteiger partial charge in [-0.1, -0.05) is 0 Å². The normalized spacial score (nSPS) is 16.1. The fourth-order valence-corrected chi connectivity index (χ4v) is 3.52. The molecule has 1 aliphatic carbocycles. The summed E-state index contributed by atoms with van der Waals surface area (Å²) in [6.07, 6.45) is 5.13. The van der Waals surface area contributed by atoms with Crippen LogP contribution in [-0.4, -0.2) is 54.4 Å². The number of pyridine rings is 1. The molecule has 8 nitrogen and oxygen atoms in total. The molecule has 0 unspecified atom stereocenters. The SMILES string of the molecule is COc1cc(-c2cnc3cc(OC4COC4)ccn23)cc(OC(F)F)c1C(=O)NC1CC1. The second-order valence-electron chi connectivity index (χ2n) is 7.69. The maximum atomic E-state index is 13.1. The molecule has 1 amide bonds. The third-order valence-corrected chi connectivity index (χ3v) is 5.33. The van der Waals surface area contributed by atoms with Crippen LogP contribution in [0.3, 0.4) is 0 Å². The molecular formula is C22H21F2N3O5. The lowest BCUT2D eigenvalue weighted by Crippen LogP contribution is -2.38. The van der Waals surface area contributed by atoms with Crippen LogP contribution in [0.5, 0.6) is 17.2 Å². The average molecular weight is 445 g/mol. The zero-order valence-electron chi connectivity index (χ0n) is 17.2. The van der Waals surface area contributed by atoms with Crippen LogP contribution in [0.4, 0.5) is 8.78 Å². The Morgan fingerprint density at radius 2 is 2.03 bits per heavy atom. The van der Waals surface area contributed by atoms with E-state index in [1.165, 1.54) is 13.2 Å². The van der Waals surface area contributed by atoms with Gasteiger partial charge in [0.2, 0.25) is 0 Å². The Balaban J connectivity index is 1.53. The first-order valence-electron chi connectivity index (χ1n) is 10.2. The number of hydrogen-bond donors (Lipinski definition) is 1. The highest BCUT2D eigenvalue weighted by atomic mass is 19.3. The molecule has 3 aromatic rings. The number of alkyl halides is 2. The summed E-state index contributed by atoms with van der Waals surface area (Å²) in [7, 11) is 1.38. The van der Waals surface area contributed by atoms with Gasteiger partial charge in [0, 0.05) is 23.9 Å². The molecule has 3 heterocycles. The Bertz CT molecular complexity index is 1160. The molecular weight excluding hydrogens is 424 g/mol. The van der Waals surface area contributed by atoms with Crippen molar-refractivity contribution in [2.75, 3.05) is 20.3 Å². The van der Waals surface area contributed by atoms with Gasteiger partial charge >= 0.3 is 6.61 Å². The zero-order valence-corrected chi connectivity index (χ0v) is 17.2. The Kier molecular flexibility index (Phi) is 5.30. The van der Waals surface area contributed by atoms with Crippen LogP contribution in [0.25, 0.3) is 16.9 Å². The number of imidazole rings is 1. The molecule has 0 bridgehead atoms. The Morgan fingerprint density at radius 3 is 2.69 bits per heavy atom. The van der Waals surface area contributed by atoms with Crippen molar-refractivity contribution in [1.29, 1.82) is 0 Å². The minimum absolute atomic E-state index is 0.0273. The molecule has 1 aromatic carbocycles. The molecule has 5 rings (SSSR count). The summed E-state index contributed by atoms with van der Waals surface area (Å²) in [4.78, 5) is 17.1. The molecule has 32 heavy (non-hydrogen) atoms. The minimum atomic E-state index is -3.10. The van der Waals surface area contributed by atoms with Gasteiger partial charge in [-0.25, -0.2) is 4.98 Å². The molecule has 1 saturated heterocycles. The van der Waals surface area contributed by atoms with Gasteiger partial charge in [-0.15, -0.1) is 0 Å². The predicted molar refractivity (Wildman–Crippen MR) is 110 cm³/mol. The number of methoxy groups -OCH3 is 1. The van der Waals surface area contributed by atoms with Crippen molar-refractivity contribution in [3.05, 3.63) is 42.2 Å². The maximum Gasteiger partial charge on any atom is 0.387 e. The van der Waals surface area contributed by atoms with Gasteiger partial charge < -0.3 is 24.3 Å². The fraction of sp³-hybridized carbons (Fsp3) is 0.364. The van der Waals surface area contributed by atoms with Gasteiger partial charge in [-0.3, -0.25) is 9.20 Å². The number of aromatic nitrogens is 2. The van der Waals surface area contributed by atoms with Crippen LogP contribution < -0.4 is 19.5 Å². The number of carbonyl (C=O) groups excluding carboxylic acids is 1. The van der Waals surface area contributed by atoms with E-state index in [9.17, 15) is 13.6 Å². The van der Waals surface area contributed by atoms with E-state index < -0.39 is 12.5 Å². The molecule has 1 saturated carbocycles. The molecule has 0 atom stereocenters. The standard InChI is InChI=1S/C22H21F2N3O5/c1-29-17-6-12(7-18(32-22(23)24)20(17)21(28)26-13-2-3-13)16-9-25-19-8-14(4-5-27(16)19)31-15-10-30-11-15/h4-9,13,15,22H,2-3,10-11H2,1H3,(H,26,28). The van der Waals surface area contributed by atoms with Crippen LogP contribution in [0.1, 0.15) is 23.2 Å². The van der Waals surface area contributed by atoms with E-state index >= 15 is 0 Å². The molecule has 0 radical (unpaired) electrons. The van der Waals surface area contributed by atoms with E-state index in [1.54, 1.807) is 35.0 Å². The molecule has 0 spiro atoms. The van der Waals surface area contributed by atoms with Gasteiger partial charge in [0.15, 0.2) is 0 Å². The van der Waals surface area contributed by atoms with Crippen LogP contribution >= 0.6 is 0 Å². The van der Waals surface area contributed by atoms with E-state index in [-0.39, 0.29) is 29.2 Å². The van der Waals surface area contributed by atoms with E-state index in [2.05, 4.69) is 10.3 Å². The number of hydrogen-bond acceptors (Lipinski definition) is 6. The number of rotatable bonds is 8. The summed E-state index contributed by atoms with van der Waals surface area (Å²) < 4.78 is 49.1. The molecule has 1 aliphatic heterocycles. The minimum Gasteiger partial charge on any atom is -0.496 e. The Hall–Kier alpha value is -3.40. The molecule has 168 valence electrons. The Morgan fingerprint density at radius 1 is 1.25 bits per heavy atom. The van der Waals surface area contributed by atoms with Crippen molar-refractivity contribution in [3.8, 4) is 28.5 Å². The number of fused-ring (bicyclic) bond motifs is 1. The van der Waals surface area contributed by atoms with E-state index in [4.69, 9.17) is 18.9 Å². The number of benzene rings is 1. The van der Waals surface area contributed by atoms with Crippen molar-refractivity contribution in [2.24, 2.45) is 0 Å². The highest BCUT2D eigenvalue weighted by Gasteiger charge is 2.29. The molecule has 2 aliphatic rings. The molecule has 1 N–H and O–H groups in total. The van der Waals surface area contributed by atoms with E-state index in [0.717, 1.165) is 12.8 Å². The van der Waals surface area contributed by atoms with E-state index in [0.29, 0.717) is 35.9 Å². The zero-order chi connectivity index (χ0) is 22.2. The molecule has 2 fully saturated rings. The lowest BCUT2D eigenvalue weighted by Gasteiger charge is -2.26. The van der Waals surface area contributed by atoms with Crippen LogP contribution in [0.15, 0.2) is 36.7 Å². The van der Waals surface area contributed by atoms with Crippen LogP contribution in [0, 0.1) is 0 Å². The fourth-order valence-electron chi connectivity index (χ4n) is 3.52. The lowest BCUT2D eigenvalue weighted by atomic mass is 10.1. The third-order valence-electron chi connectivity index (χ3n) is 5.33. The predicted octanol–water partition coefficient (Wildman–Crippen LogP) is 3.28. The average Bonchev–Trinajstić information content (AvgIpc) is 3.44. The van der Waals surface area contributed by atoms with Crippen molar-refractivity contribution in [2.45, 2.75) is 31.6 Å². The van der Waals surface area contributed by atoms with Gasteiger partial charge in [0.05, 0.1) is 32.2 Å². The maximum absolute atomic E-state index is 13.1. The first-order chi connectivity index (χ1) is 15.5. The summed E-state index contributed by atoms with van der Waals surface area (Å²) in [5.74, 6) is 0.0318. The monoisotopic (exact) mass is 445 g/mol. The second-order valence-corrected chi connectivity index (χ2v) is 7.69. The number of carbonyl (C=O) groups is 1. The number of amides is 1. The lowest BCUT2D eigenvalue weighted by molar-refractivity contribution is -0.0796. The largest absolute Gasteiger partial charge is 0.496 e. The summed E-state index contributed by atoms with van der Waals surface area (Å²) in [6, 6.07) is 6.64. The topological polar surface area (TPSA) is 83.3 Å². The number of nitrogens with one attached hydrogen (secondary N) is 1. The summed E-state index contributed by atoms with van der Waals surface area (Å²) >= 11 is 0. The smallest absolute Gasteiger partial charge is 0.387 e. The van der Waals surface area contributed by atoms with Crippen molar-refractivity contribution >= 4 is 11.6 Å². The number of halogens is 2. The first-order valence-corrected chi connectivity index (χ1v) is 10.2. The van der Waals surface area contributed by atoms with Crippen LogP contribution in [0.2, 0.25) is 0 Å². The number of nitrogens with zero attached hydrogens (tertiary/aromatic N) is 2. The molecule has 2 aromatic heterocycles. The van der Waals surface area contributed by atoms with Gasteiger partial charge in [0.1, 0.15) is 34.6 Å². The highest BCUT2D eigenvalue weighted by molar-refractivity contribution is 6.01. The Labute approximate surface area is 182 Å². The van der Waals surface area contributed by atoms with Gasteiger partial charge in [-0.2, -0.15) is 8.78 Å². The number of ether oxygens (including phenoxy) is 4. The van der Waals surface area contributed by atoms with Gasteiger partial charge in [-0.05, 0) is 31.0 Å². The van der Waals surface area contributed by atoms with E-state index in [1.807, 2.05) is 0 Å². The highest BCUT2D eigenvalue weighted by Crippen LogP contribution is 2.37. The summed E-state index contributed by atoms with van der Waals surface area (Å²) in [5, 5.41) is 2.79. The quantitative estimate of drug-likeness (QED) is 0.573. The second kappa shape index (κ2) is 8.27. The van der Waals surface area contributed by atoms with Gasteiger partial charge in [0.25, 0.3) is 5.91 Å². The van der Waals surface area contributed by atoms with Crippen molar-refractivity contribution < 1.29 is 32.5 Å². The van der Waals surface area contributed by atoms with Crippen molar-refractivity contribution in [1.82, 2.24) is 14.7 Å².